The van der Waals surface area contributed by atoms with Crippen LogP contribution in [-0.2, 0) is 11.4 Å². The second-order valence-electron chi connectivity index (χ2n) is 6.04. The molecule has 0 aromatic heterocycles. The van der Waals surface area contributed by atoms with Gasteiger partial charge in [0.25, 0.3) is 5.91 Å². The molecule has 0 aliphatic carbocycles. The fraction of sp³-hybridized carbons (Fsp3) is 0.238. The zero-order valence-corrected chi connectivity index (χ0v) is 19.6. The first-order valence-corrected chi connectivity index (χ1v) is 10.4. The number of carbonyl (C=O) groups is 1. The maximum absolute atomic E-state index is 12.1. The van der Waals surface area contributed by atoms with Gasteiger partial charge in [-0.3, -0.25) is 4.79 Å². The Kier molecular flexibility index (Phi) is 8.33. The van der Waals surface area contributed by atoms with Crippen LogP contribution < -0.4 is 9.47 Å². The highest BCUT2D eigenvalue weighted by molar-refractivity contribution is 14.1. The van der Waals surface area contributed by atoms with Crippen LogP contribution in [0.1, 0.15) is 18.1 Å². The van der Waals surface area contributed by atoms with Crippen molar-refractivity contribution in [3.05, 3.63) is 61.1 Å². The minimum Gasteiger partial charge on any atom is -0.490 e. The predicted octanol–water partition coefficient (Wildman–Crippen LogP) is 5.03. The summed E-state index contributed by atoms with van der Waals surface area (Å²) in [5.41, 5.74) is 1.75. The zero-order valence-electron chi connectivity index (χ0n) is 15.8. The molecule has 0 atom stereocenters. The van der Waals surface area contributed by atoms with E-state index < -0.39 is 0 Å². The van der Waals surface area contributed by atoms with Gasteiger partial charge >= 0.3 is 0 Å². The largest absolute Gasteiger partial charge is 0.490 e. The molecule has 5 nitrogen and oxygen atoms in total. The Morgan fingerprint density at radius 1 is 1.21 bits per heavy atom. The molecular formula is C21H20BrIN2O3. The standard InChI is InChI=1S/C21H20BrIN2O3/c1-4-27-19-10-15(9-16(12-24)21(26)25(2)3)18(22)11-20(19)28-13-14-5-7-17(23)8-6-14/h5-11H,4,13H2,1-3H3/b16-9-. The van der Waals surface area contributed by atoms with Gasteiger partial charge in [-0.05, 0) is 71.0 Å². The van der Waals surface area contributed by atoms with Crippen molar-refractivity contribution in [2.45, 2.75) is 13.5 Å². The van der Waals surface area contributed by atoms with Crippen LogP contribution >= 0.6 is 38.5 Å². The van der Waals surface area contributed by atoms with Crippen LogP contribution in [0.4, 0.5) is 0 Å². The monoisotopic (exact) mass is 554 g/mol. The minimum atomic E-state index is -0.355. The molecule has 0 aliphatic heterocycles. The highest BCUT2D eigenvalue weighted by Crippen LogP contribution is 2.35. The van der Waals surface area contributed by atoms with Gasteiger partial charge in [0.05, 0.1) is 6.61 Å². The summed E-state index contributed by atoms with van der Waals surface area (Å²) in [6.07, 6.45) is 1.54. The van der Waals surface area contributed by atoms with Gasteiger partial charge in [-0.15, -0.1) is 0 Å². The van der Waals surface area contributed by atoms with Gasteiger partial charge in [0, 0.05) is 22.1 Å². The highest BCUT2D eigenvalue weighted by Gasteiger charge is 2.15. The van der Waals surface area contributed by atoms with E-state index in [-0.39, 0.29) is 11.5 Å². The smallest absolute Gasteiger partial charge is 0.264 e. The quantitative estimate of drug-likeness (QED) is 0.274. The molecule has 0 bridgehead atoms. The van der Waals surface area contributed by atoms with Crippen molar-refractivity contribution in [2.75, 3.05) is 20.7 Å². The molecule has 2 aromatic carbocycles. The van der Waals surface area contributed by atoms with Crippen LogP contribution in [-0.4, -0.2) is 31.5 Å². The Bertz CT molecular complexity index is 918. The molecule has 0 N–H and O–H groups in total. The first-order chi connectivity index (χ1) is 13.3. The van der Waals surface area contributed by atoms with Crippen molar-refractivity contribution >= 4 is 50.5 Å². The van der Waals surface area contributed by atoms with Crippen molar-refractivity contribution in [2.24, 2.45) is 0 Å². The first kappa shape index (κ1) is 22.2. The van der Waals surface area contributed by atoms with Gasteiger partial charge < -0.3 is 14.4 Å². The van der Waals surface area contributed by atoms with Gasteiger partial charge in [-0.2, -0.15) is 5.26 Å². The molecule has 7 heteroatoms. The lowest BCUT2D eigenvalue weighted by molar-refractivity contribution is -0.124. The molecule has 0 unspecified atom stereocenters. The maximum Gasteiger partial charge on any atom is 0.264 e. The number of nitrogens with zero attached hydrogens (tertiary/aromatic N) is 2. The second kappa shape index (κ2) is 10.5. The number of halogens is 2. The third-order valence-electron chi connectivity index (χ3n) is 3.73. The summed E-state index contributed by atoms with van der Waals surface area (Å²) >= 11 is 5.76. The van der Waals surface area contributed by atoms with Gasteiger partial charge in [0.2, 0.25) is 0 Å². The maximum atomic E-state index is 12.1. The molecular weight excluding hydrogens is 535 g/mol. The number of amides is 1. The van der Waals surface area contributed by atoms with E-state index in [0.29, 0.717) is 34.7 Å². The number of nitriles is 1. The summed E-state index contributed by atoms with van der Waals surface area (Å²) in [5.74, 6) is 0.783. The molecule has 2 rings (SSSR count). The Morgan fingerprint density at radius 3 is 2.43 bits per heavy atom. The van der Waals surface area contributed by atoms with Crippen molar-refractivity contribution in [3.8, 4) is 17.6 Å². The molecule has 0 fully saturated rings. The van der Waals surface area contributed by atoms with E-state index in [4.69, 9.17) is 9.47 Å². The Hall–Kier alpha value is -2.05. The lowest BCUT2D eigenvalue weighted by atomic mass is 10.1. The molecule has 0 spiro atoms. The van der Waals surface area contributed by atoms with Gasteiger partial charge in [-0.25, -0.2) is 0 Å². The normalized spacial score (nSPS) is 10.9. The van der Waals surface area contributed by atoms with Crippen LogP contribution in [0.25, 0.3) is 6.08 Å². The van der Waals surface area contributed by atoms with E-state index >= 15 is 0 Å². The van der Waals surface area contributed by atoms with Crippen molar-refractivity contribution in [1.29, 1.82) is 5.26 Å². The fourth-order valence-electron chi connectivity index (χ4n) is 2.32. The van der Waals surface area contributed by atoms with E-state index in [9.17, 15) is 10.1 Å². The number of hydrogen-bond acceptors (Lipinski definition) is 4. The first-order valence-electron chi connectivity index (χ1n) is 8.52. The van der Waals surface area contributed by atoms with E-state index in [0.717, 1.165) is 9.13 Å². The van der Waals surface area contributed by atoms with Gasteiger partial charge in [0.15, 0.2) is 11.5 Å². The Balaban J connectivity index is 2.33. The zero-order chi connectivity index (χ0) is 20.7. The lowest BCUT2D eigenvalue weighted by Gasteiger charge is -2.15. The topological polar surface area (TPSA) is 62.6 Å². The number of carbonyl (C=O) groups excluding carboxylic acids is 1. The fourth-order valence-corrected chi connectivity index (χ4v) is 3.12. The summed E-state index contributed by atoms with van der Waals surface area (Å²) in [6, 6.07) is 13.6. The van der Waals surface area contributed by atoms with Crippen molar-refractivity contribution in [1.82, 2.24) is 4.90 Å². The minimum absolute atomic E-state index is 0.0423. The molecule has 0 aliphatic rings. The third kappa shape index (κ3) is 5.97. The molecule has 28 heavy (non-hydrogen) atoms. The number of rotatable bonds is 7. The summed E-state index contributed by atoms with van der Waals surface area (Å²) in [4.78, 5) is 13.5. The number of hydrogen-bond donors (Lipinski definition) is 0. The van der Waals surface area contributed by atoms with Crippen LogP contribution in [0.2, 0.25) is 0 Å². The molecule has 0 radical (unpaired) electrons. The highest BCUT2D eigenvalue weighted by atomic mass is 127. The lowest BCUT2D eigenvalue weighted by Crippen LogP contribution is -2.22. The number of ether oxygens (including phenoxy) is 2. The molecule has 2 aromatic rings. The molecule has 0 saturated heterocycles. The molecule has 0 heterocycles. The SMILES string of the molecule is CCOc1cc(/C=C(/C#N)C(=O)N(C)C)c(Br)cc1OCc1ccc(I)cc1. The Labute approximate surface area is 187 Å². The van der Waals surface area contributed by atoms with Crippen molar-refractivity contribution in [3.63, 3.8) is 0 Å². The molecule has 1 amide bonds. The second-order valence-corrected chi connectivity index (χ2v) is 8.14. The van der Waals surface area contributed by atoms with Crippen LogP contribution in [0, 0.1) is 14.9 Å². The summed E-state index contributed by atoms with van der Waals surface area (Å²) in [5, 5.41) is 9.32. The van der Waals surface area contributed by atoms with Crippen LogP contribution in [0.5, 0.6) is 11.5 Å². The summed E-state index contributed by atoms with van der Waals surface area (Å²) in [7, 11) is 3.21. The van der Waals surface area contributed by atoms with E-state index in [1.807, 2.05) is 37.3 Å². The van der Waals surface area contributed by atoms with E-state index in [1.165, 1.54) is 11.0 Å². The average molecular weight is 555 g/mol. The van der Waals surface area contributed by atoms with Crippen molar-refractivity contribution < 1.29 is 14.3 Å². The van der Waals surface area contributed by atoms with E-state index in [1.54, 1.807) is 26.2 Å². The van der Waals surface area contributed by atoms with Crippen LogP contribution in [0.3, 0.4) is 0 Å². The average Bonchev–Trinajstić information content (AvgIpc) is 2.67. The predicted molar refractivity (Wildman–Crippen MR) is 121 cm³/mol. The van der Waals surface area contributed by atoms with Gasteiger partial charge in [0.1, 0.15) is 18.2 Å². The third-order valence-corrected chi connectivity index (χ3v) is 5.13. The Morgan fingerprint density at radius 2 is 1.86 bits per heavy atom. The van der Waals surface area contributed by atoms with Crippen LogP contribution in [0.15, 0.2) is 46.4 Å². The van der Waals surface area contributed by atoms with Gasteiger partial charge in [-0.1, -0.05) is 28.1 Å². The summed E-state index contributed by atoms with van der Waals surface area (Å²) < 4.78 is 13.5. The van der Waals surface area contributed by atoms with E-state index in [2.05, 4.69) is 38.5 Å². The number of benzene rings is 2. The number of likely N-dealkylation sites (N-methyl/N-ethyl adjacent to an activating group) is 1. The summed E-state index contributed by atoms with van der Waals surface area (Å²) in [6.45, 7) is 2.75. The molecule has 146 valence electrons. The molecule has 0 saturated carbocycles.